The van der Waals surface area contributed by atoms with Crippen molar-refractivity contribution in [3.05, 3.63) is 75.8 Å². The van der Waals surface area contributed by atoms with Gasteiger partial charge >= 0.3 is 5.97 Å². The van der Waals surface area contributed by atoms with Gasteiger partial charge in [-0.15, -0.1) is 0 Å². The van der Waals surface area contributed by atoms with Crippen molar-refractivity contribution in [2.24, 2.45) is 0 Å². The molecule has 0 saturated carbocycles. The zero-order valence-electron chi connectivity index (χ0n) is 13.6. The Balaban J connectivity index is 1.84. The Labute approximate surface area is 156 Å². The summed E-state index contributed by atoms with van der Waals surface area (Å²) in [5.41, 5.74) is 1.33. The van der Waals surface area contributed by atoms with E-state index in [4.69, 9.17) is 32.7 Å². The number of halogens is 2. The highest BCUT2D eigenvalue weighted by atomic mass is 35.5. The number of hydrogen-bond acceptors (Lipinski definition) is 3. The number of benzene rings is 3. The van der Waals surface area contributed by atoms with Gasteiger partial charge in [0.25, 0.3) is 0 Å². The molecule has 0 N–H and O–H groups in total. The second-order valence-electron chi connectivity index (χ2n) is 5.42. The summed E-state index contributed by atoms with van der Waals surface area (Å²) in [7, 11) is 0. The summed E-state index contributed by atoms with van der Waals surface area (Å²) < 4.78 is 10.8. The number of carbonyl (C=O) groups is 1. The molecule has 0 amide bonds. The maximum Gasteiger partial charge on any atom is 0.338 e. The van der Waals surface area contributed by atoms with E-state index in [9.17, 15) is 4.79 Å². The minimum absolute atomic E-state index is 0.274. The number of fused-ring (bicyclic) bond motifs is 1. The summed E-state index contributed by atoms with van der Waals surface area (Å²) >= 11 is 12.5. The molecule has 0 aliphatic rings. The summed E-state index contributed by atoms with van der Waals surface area (Å²) in [6.45, 7) is 2.34. The highest BCUT2D eigenvalue weighted by molar-refractivity contribution is 6.37. The fourth-order valence-corrected chi connectivity index (χ4v) is 3.19. The monoisotopic (exact) mass is 374 g/mol. The van der Waals surface area contributed by atoms with Crippen LogP contribution in [0.4, 0.5) is 0 Å². The van der Waals surface area contributed by atoms with Gasteiger partial charge in [-0.1, -0.05) is 65.7 Å². The van der Waals surface area contributed by atoms with Gasteiger partial charge in [-0.05, 0) is 35.4 Å². The van der Waals surface area contributed by atoms with E-state index in [1.54, 1.807) is 6.92 Å². The van der Waals surface area contributed by atoms with E-state index in [1.807, 2.05) is 42.5 Å². The zero-order chi connectivity index (χ0) is 17.8. The van der Waals surface area contributed by atoms with Gasteiger partial charge in [-0.25, -0.2) is 4.79 Å². The van der Waals surface area contributed by atoms with Crippen molar-refractivity contribution < 1.29 is 14.3 Å². The molecule has 0 aromatic heterocycles. The van der Waals surface area contributed by atoms with Crippen molar-refractivity contribution in [2.45, 2.75) is 13.5 Å². The number of hydrogen-bond donors (Lipinski definition) is 0. The third-order valence-corrected chi connectivity index (χ3v) is 4.32. The Morgan fingerprint density at radius 1 is 1.00 bits per heavy atom. The van der Waals surface area contributed by atoms with Gasteiger partial charge in [0.05, 0.1) is 22.2 Å². The predicted octanol–water partition coefficient (Wildman–Crippen LogP) is 5.90. The van der Waals surface area contributed by atoms with E-state index in [-0.39, 0.29) is 16.7 Å². The molecule has 0 fully saturated rings. The summed E-state index contributed by atoms with van der Waals surface area (Å²) in [4.78, 5) is 11.8. The molecule has 0 bridgehead atoms. The van der Waals surface area contributed by atoms with Crippen LogP contribution in [0.15, 0.2) is 54.6 Å². The average molecular weight is 375 g/mol. The van der Waals surface area contributed by atoms with Gasteiger partial charge in [0.15, 0.2) is 5.75 Å². The molecule has 0 aliphatic carbocycles. The van der Waals surface area contributed by atoms with E-state index >= 15 is 0 Å². The normalized spacial score (nSPS) is 10.7. The fraction of sp³-hybridized carbons (Fsp3) is 0.150. The van der Waals surface area contributed by atoms with Crippen LogP contribution in [0.3, 0.4) is 0 Å². The summed E-state index contributed by atoms with van der Waals surface area (Å²) in [5, 5.41) is 2.80. The first kappa shape index (κ1) is 17.6. The van der Waals surface area contributed by atoms with Crippen LogP contribution in [0.1, 0.15) is 22.8 Å². The molecule has 3 rings (SSSR count). The first-order chi connectivity index (χ1) is 12.1. The first-order valence-corrected chi connectivity index (χ1v) is 8.61. The number of rotatable bonds is 5. The van der Waals surface area contributed by atoms with E-state index in [1.165, 1.54) is 12.1 Å². The van der Waals surface area contributed by atoms with E-state index in [2.05, 4.69) is 0 Å². The molecule has 0 radical (unpaired) electrons. The molecule has 3 nitrogen and oxygen atoms in total. The zero-order valence-corrected chi connectivity index (χ0v) is 15.1. The maximum absolute atomic E-state index is 11.8. The Kier molecular flexibility index (Phi) is 5.47. The molecule has 3 aromatic carbocycles. The lowest BCUT2D eigenvalue weighted by atomic mass is 10.1. The van der Waals surface area contributed by atoms with E-state index < -0.39 is 5.97 Å². The maximum atomic E-state index is 11.8. The number of ether oxygens (including phenoxy) is 2. The van der Waals surface area contributed by atoms with Crippen molar-refractivity contribution >= 4 is 39.9 Å². The summed E-state index contributed by atoms with van der Waals surface area (Å²) in [5.74, 6) is -0.115. The standard InChI is InChI=1S/C20H16Cl2O3/c1-2-24-20(23)15-10-17(21)19(18(22)11-15)25-12-14-8-5-7-13-6-3-4-9-16(13)14/h3-11H,2,12H2,1H3. The van der Waals surface area contributed by atoms with Crippen molar-refractivity contribution in [1.82, 2.24) is 0 Å². The van der Waals surface area contributed by atoms with Crippen molar-refractivity contribution in [2.75, 3.05) is 6.61 Å². The predicted molar refractivity (Wildman–Crippen MR) is 101 cm³/mol. The SMILES string of the molecule is CCOC(=O)c1cc(Cl)c(OCc2cccc3ccccc23)c(Cl)c1. The third-order valence-electron chi connectivity index (χ3n) is 3.76. The molecule has 0 unspecified atom stereocenters. The highest BCUT2D eigenvalue weighted by Gasteiger charge is 2.15. The average Bonchev–Trinajstić information content (AvgIpc) is 2.61. The molecule has 0 heterocycles. The van der Waals surface area contributed by atoms with Gasteiger partial charge in [0.2, 0.25) is 0 Å². The van der Waals surface area contributed by atoms with Crippen LogP contribution in [0.5, 0.6) is 5.75 Å². The lowest BCUT2D eigenvalue weighted by molar-refractivity contribution is 0.0526. The molecule has 0 spiro atoms. The summed E-state index contributed by atoms with van der Waals surface area (Å²) in [6, 6.07) is 17.1. The van der Waals surface area contributed by atoms with E-state index in [0.717, 1.165) is 16.3 Å². The molecule has 0 atom stereocenters. The largest absolute Gasteiger partial charge is 0.486 e. The molecule has 5 heteroatoms. The molecule has 128 valence electrons. The summed E-state index contributed by atoms with van der Waals surface area (Å²) in [6.07, 6.45) is 0. The van der Waals surface area contributed by atoms with Crippen LogP contribution >= 0.6 is 23.2 Å². The third kappa shape index (κ3) is 3.89. The first-order valence-electron chi connectivity index (χ1n) is 7.85. The second-order valence-corrected chi connectivity index (χ2v) is 6.23. The highest BCUT2D eigenvalue weighted by Crippen LogP contribution is 2.35. The Bertz CT molecular complexity index is 893. The van der Waals surface area contributed by atoms with Gasteiger partial charge < -0.3 is 9.47 Å². The van der Waals surface area contributed by atoms with E-state index in [0.29, 0.717) is 17.9 Å². The molecule has 3 aromatic rings. The second kappa shape index (κ2) is 7.77. The fourth-order valence-electron chi connectivity index (χ4n) is 2.60. The molecule has 0 saturated heterocycles. The van der Waals surface area contributed by atoms with Crippen molar-refractivity contribution in [1.29, 1.82) is 0 Å². The molecule has 0 aliphatic heterocycles. The molecule has 25 heavy (non-hydrogen) atoms. The van der Waals surface area contributed by atoms with Crippen LogP contribution in [0, 0.1) is 0 Å². The van der Waals surface area contributed by atoms with Crippen LogP contribution in [-0.4, -0.2) is 12.6 Å². The quantitative estimate of drug-likeness (QED) is 0.521. The smallest absolute Gasteiger partial charge is 0.338 e. The lowest BCUT2D eigenvalue weighted by Gasteiger charge is -2.13. The van der Waals surface area contributed by atoms with Crippen LogP contribution in [0.25, 0.3) is 10.8 Å². The molecular weight excluding hydrogens is 359 g/mol. The van der Waals surface area contributed by atoms with Crippen LogP contribution in [0.2, 0.25) is 10.0 Å². The minimum Gasteiger partial charge on any atom is -0.486 e. The Morgan fingerprint density at radius 3 is 2.40 bits per heavy atom. The topological polar surface area (TPSA) is 35.5 Å². The van der Waals surface area contributed by atoms with Gasteiger partial charge in [-0.2, -0.15) is 0 Å². The lowest BCUT2D eigenvalue weighted by Crippen LogP contribution is -2.05. The van der Waals surface area contributed by atoms with Crippen LogP contribution in [-0.2, 0) is 11.3 Å². The van der Waals surface area contributed by atoms with Crippen LogP contribution < -0.4 is 4.74 Å². The van der Waals surface area contributed by atoms with Crippen molar-refractivity contribution in [3.63, 3.8) is 0 Å². The van der Waals surface area contributed by atoms with Crippen molar-refractivity contribution in [3.8, 4) is 5.75 Å². The number of esters is 1. The minimum atomic E-state index is -0.466. The van der Waals surface area contributed by atoms with Gasteiger partial charge in [-0.3, -0.25) is 0 Å². The Hall–Kier alpha value is -2.23. The molecular formula is C20H16Cl2O3. The van der Waals surface area contributed by atoms with Gasteiger partial charge in [0, 0.05) is 0 Å². The Morgan fingerprint density at radius 2 is 1.68 bits per heavy atom. The van der Waals surface area contributed by atoms with Gasteiger partial charge in [0.1, 0.15) is 6.61 Å². The number of carbonyl (C=O) groups excluding carboxylic acids is 1.